The first kappa shape index (κ1) is 20.7. The Bertz CT molecular complexity index is 278. The predicted molar refractivity (Wildman–Crippen MR) is 102 cm³/mol. The molecule has 1 saturated carbocycles. The van der Waals surface area contributed by atoms with Gasteiger partial charge in [-0.2, -0.15) is 0 Å². The van der Waals surface area contributed by atoms with Crippen molar-refractivity contribution >= 4 is 5.78 Å². The van der Waals surface area contributed by atoms with E-state index in [1.807, 2.05) is 6.92 Å². The van der Waals surface area contributed by atoms with E-state index in [0.717, 1.165) is 12.3 Å². The van der Waals surface area contributed by atoms with Crippen LogP contribution in [0.3, 0.4) is 0 Å². The minimum Gasteiger partial charge on any atom is -0.300 e. The van der Waals surface area contributed by atoms with Gasteiger partial charge in [-0.05, 0) is 25.7 Å². The normalized spacial score (nSPS) is 16.8. The lowest BCUT2D eigenvalue weighted by Crippen LogP contribution is -2.14. The first-order valence-electron chi connectivity index (χ1n) is 10.7. The van der Waals surface area contributed by atoms with Crippen LogP contribution in [-0.2, 0) is 4.79 Å². The molecule has 0 aromatic rings. The van der Waals surface area contributed by atoms with Gasteiger partial charge in [-0.3, -0.25) is 4.79 Å². The maximum Gasteiger partial charge on any atom is 0.132 e. The summed E-state index contributed by atoms with van der Waals surface area (Å²) in [4.78, 5) is 11.8. The summed E-state index contributed by atoms with van der Waals surface area (Å²) in [5.74, 6) is 1.68. The number of Topliss-reactive ketones (excluding diaryl/α,β-unsaturated/α-hetero) is 1. The standard InChI is InChI=1S/C22H42O/c1-3-4-5-6-7-8-9-10-11-12-13-18-22(20(2)23)19-21-16-14-15-17-21/h21-22H,3-19H2,1-2H3. The Balaban J connectivity index is 1.92. The fourth-order valence-corrected chi connectivity index (χ4v) is 4.19. The predicted octanol–water partition coefficient (Wildman–Crippen LogP) is 7.47. The molecule has 1 heteroatoms. The van der Waals surface area contributed by atoms with Gasteiger partial charge in [0.05, 0.1) is 0 Å². The summed E-state index contributed by atoms with van der Waals surface area (Å²) in [5.41, 5.74) is 0. The largest absolute Gasteiger partial charge is 0.300 e. The number of hydrogen-bond acceptors (Lipinski definition) is 1. The maximum atomic E-state index is 11.8. The van der Waals surface area contributed by atoms with Crippen LogP contribution >= 0.6 is 0 Å². The van der Waals surface area contributed by atoms with Crippen LogP contribution in [0.25, 0.3) is 0 Å². The molecule has 1 nitrogen and oxygen atoms in total. The van der Waals surface area contributed by atoms with Crippen LogP contribution in [0.15, 0.2) is 0 Å². The molecule has 0 N–H and O–H groups in total. The molecule has 1 fully saturated rings. The number of rotatable bonds is 15. The average molecular weight is 323 g/mol. The Morgan fingerprint density at radius 3 is 1.78 bits per heavy atom. The van der Waals surface area contributed by atoms with Crippen LogP contribution in [0.5, 0.6) is 0 Å². The third kappa shape index (κ3) is 11.0. The second kappa shape index (κ2) is 14.1. The second-order valence-corrected chi connectivity index (χ2v) is 8.02. The third-order valence-electron chi connectivity index (χ3n) is 5.82. The molecule has 0 aliphatic heterocycles. The molecule has 1 atom stereocenters. The van der Waals surface area contributed by atoms with Gasteiger partial charge in [0.25, 0.3) is 0 Å². The highest BCUT2D eigenvalue weighted by Crippen LogP contribution is 2.32. The van der Waals surface area contributed by atoms with E-state index in [-0.39, 0.29) is 0 Å². The lowest BCUT2D eigenvalue weighted by molar-refractivity contribution is -0.121. The van der Waals surface area contributed by atoms with Crippen molar-refractivity contribution in [2.24, 2.45) is 11.8 Å². The summed E-state index contributed by atoms with van der Waals surface area (Å²) in [6, 6.07) is 0. The molecule has 1 aliphatic carbocycles. The average Bonchev–Trinajstić information content (AvgIpc) is 3.04. The number of carbonyl (C=O) groups excluding carboxylic acids is 1. The molecule has 136 valence electrons. The van der Waals surface area contributed by atoms with E-state index in [4.69, 9.17) is 0 Å². The zero-order valence-electron chi connectivity index (χ0n) is 16.1. The van der Waals surface area contributed by atoms with E-state index in [0.29, 0.717) is 11.7 Å². The Morgan fingerprint density at radius 1 is 0.826 bits per heavy atom. The van der Waals surface area contributed by atoms with E-state index in [2.05, 4.69) is 6.92 Å². The molecular formula is C22H42O. The highest BCUT2D eigenvalue weighted by atomic mass is 16.1. The summed E-state index contributed by atoms with van der Waals surface area (Å²) >= 11 is 0. The zero-order chi connectivity index (χ0) is 16.8. The van der Waals surface area contributed by atoms with Crippen LogP contribution in [0, 0.1) is 11.8 Å². The number of hydrogen-bond donors (Lipinski definition) is 0. The summed E-state index contributed by atoms with van der Waals surface area (Å²) in [5, 5.41) is 0. The second-order valence-electron chi connectivity index (χ2n) is 8.02. The zero-order valence-corrected chi connectivity index (χ0v) is 16.1. The van der Waals surface area contributed by atoms with Crippen LogP contribution in [0.4, 0.5) is 0 Å². The van der Waals surface area contributed by atoms with Crippen molar-refractivity contribution in [3.05, 3.63) is 0 Å². The molecule has 1 aliphatic rings. The summed E-state index contributed by atoms with van der Waals surface area (Å²) in [7, 11) is 0. The van der Waals surface area contributed by atoms with Crippen LogP contribution in [0.2, 0.25) is 0 Å². The van der Waals surface area contributed by atoms with Gasteiger partial charge in [0.2, 0.25) is 0 Å². The van der Waals surface area contributed by atoms with Crippen LogP contribution in [-0.4, -0.2) is 5.78 Å². The smallest absolute Gasteiger partial charge is 0.132 e. The van der Waals surface area contributed by atoms with Crippen LogP contribution in [0.1, 0.15) is 123 Å². The van der Waals surface area contributed by atoms with Gasteiger partial charge in [-0.15, -0.1) is 0 Å². The monoisotopic (exact) mass is 322 g/mol. The highest BCUT2D eigenvalue weighted by Gasteiger charge is 2.22. The van der Waals surface area contributed by atoms with E-state index < -0.39 is 0 Å². The molecule has 23 heavy (non-hydrogen) atoms. The molecule has 0 radical (unpaired) electrons. The minimum atomic E-state index is 0.372. The molecule has 1 unspecified atom stereocenters. The molecule has 0 spiro atoms. The summed E-state index contributed by atoms with van der Waals surface area (Å²) in [6.45, 7) is 4.10. The molecule has 0 aromatic carbocycles. The van der Waals surface area contributed by atoms with E-state index in [1.165, 1.54) is 103 Å². The van der Waals surface area contributed by atoms with Crippen molar-refractivity contribution in [1.29, 1.82) is 0 Å². The van der Waals surface area contributed by atoms with Crippen molar-refractivity contribution in [3.63, 3.8) is 0 Å². The summed E-state index contributed by atoms with van der Waals surface area (Å²) < 4.78 is 0. The van der Waals surface area contributed by atoms with Gasteiger partial charge in [0.1, 0.15) is 5.78 Å². The number of unbranched alkanes of at least 4 members (excludes halogenated alkanes) is 10. The first-order chi connectivity index (χ1) is 11.2. The van der Waals surface area contributed by atoms with Gasteiger partial charge in [-0.25, -0.2) is 0 Å². The fourth-order valence-electron chi connectivity index (χ4n) is 4.19. The van der Waals surface area contributed by atoms with Gasteiger partial charge in [-0.1, -0.05) is 103 Å². The van der Waals surface area contributed by atoms with Gasteiger partial charge >= 0.3 is 0 Å². The van der Waals surface area contributed by atoms with Gasteiger partial charge < -0.3 is 0 Å². The molecule has 1 rings (SSSR count). The minimum absolute atomic E-state index is 0.372. The lowest BCUT2D eigenvalue weighted by Gasteiger charge is -2.17. The third-order valence-corrected chi connectivity index (χ3v) is 5.82. The highest BCUT2D eigenvalue weighted by molar-refractivity contribution is 5.78. The van der Waals surface area contributed by atoms with Crippen molar-refractivity contribution in [2.45, 2.75) is 123 Å². The van der Waals surface area contributed by atoms with E-state index in [1.54, 1.807) is 0 Å². The molecule has 0 aromatic heterocycles. The van der Waals surface area contributed by atoms with Gasteiger partial charge in [0, 0.05) is 5.92 Å². The van der Waals surface area contributed by atoms with Crippen molar-refractivity contribution in [2.75, 3.05) is 0 Å². The Morgan fingerprint density at radius 2 is 1.30 bits per heavy atom. The first-order valence-corrected chi connectivity index (χ1v) is 10.7. The van der Waals surface area contributed by atoms with E-state index >= 15 is 0 Å². The molecular weight excluding hydrogens is 280 g/mol. The SMILES string of the molecule is CCCCCCCCCCCCCC(CC1CCCC1)C(C)=O. The molecule has 0 heterocycles. The van der Waals surface area contributed by atoms with Crippen LogP contribution < -0.4 is 0 Å². The van der Waals surface area contributed by atoms with E-state index in [9.17, 15) is 4.79 Å². The quantitative estimate of drug-likeness (QED) is 0.286. The van der Waals surface area contributed by atoms with Crippen molar-refractivity contribution in [1.82, 2.24) is 0 Å². The van der Waals surface area contributed by atoms with Crippen molar-refractivity contribution in [3.8, 4) is 0 Å². The summed E-state index contributed by atoms with van der Waals surface area (Å²) in [6.07, 6.45) is 23.2. The van der Waals surface area contributed by atoms with Crippen molar-refractivity contribution < 1.29 is 4.79 Å². The Kier molecular flexibility index (Phi) is 12.7. The maximum absolute atomic E-state index is 11.8. The Labute approximate surface area is 146 Å². The molecule has 0 saturated heterocycles. The lowest BCUT2D eigenvalue weighted by atomic mass is 9.87. The number of carbonyl (C=O) groups is 1. The topological polar surface area (TPSA) is 17.1 Å². The fraction of sp³-hybridized carbons (Fsp3) is 0.955. The van der Waals surface area contributed by atoms with Gasteiger partial charge in [0.15, 0.2) is 0 Å². The number of ketones is 1. The molecule has 0 amide bonds. The Hall–Kier alpha value is -0.330. The molecule has 0 bridgehead atoms.